The van der Waals surface area contributed by atoms with Gasteiger partial charge in [-0.25, -0.2) is 0 Å². The Balaban J connectivity index is 1.91. The lowest BCUT2D eigenvalue weighted by Crippen LogP contribution is -2.14. The number of anilines is 1. The first-order valence-electron chi connectivity index (χ1n) is 7.42. The van der Waals surface area contributed by atoms with Crippen molar-refractivity contribution in [1.29, 1.82) is 0 Å². The van der Waals surface area contributed by atoms with Gasteiger partial charge in [0.05, 0.1) is 12.4 Å². The number of amides is 1. The van der Waals surface area contributed by atoms with E-state index >= 15 is 0 Å². The maximum atomic E-state index is 11.7. The number of nitrogens with one attached hydrogen (secondary N) is 1. The molecule has 0 saturated heterocycles. The molecule has 2 rings (SSSR count). The van der Waals surface area contributed by atoms with Gasteiger partial charge >= 0.3 is 0 Å². The first kappa shape index (κ1) is 17.9. The van der Waals surface area contributed by atoms with E-state index in [1.165, 1.54) is 27.8 Å². The lowest BCUT2D eigenvalue weighted by molar-refractivity contribution is -0.113. The van der Waals surface area contributed by atoms with Crippen molar-refractivity contribution in [3.63, 3.8) is 0 Å². The second-order valence-corrected chi connectivity index (χ2v) is 7.45. The minimum absolute atomic E-state index is 0.0435. The topological polar surface area (TPSA) is 49.3 Å². The standard InChI is InChI=1S/C18H21NO2S2/c1-13-3-6-17(11-14(13)2)23-16-7-4-15(5-8-16)19-18(21)12-22-10-9-20/h3-8,11,20H,9-10,12H2,1-2H3,(H,19,21). The van der Waals surface area contributed by atoms with Crippen LogP contribution in [-0.2, 0) is 4.79 Å². The number of hydrogen-bond acceptors (Lipinski definition) is 4. The van der Waals surface area contributed by atoms with Crippen LogP contribution in [0.2, 0.25) is 0 Å². The van der Waals surface area contributed by atoms with Crippen LogP contribution >= 0.6 is 23.5 Å². The summed E-state index contributed by atoms with van der Waals surface area (Å²) < 4.78 is 0. The van der Waals surface area contributed by atoms with Crippen LogP contribution in [0.5, 0.6) is 0 Å². The summed E-state index contributed by atoms with van der Waals surface area (Å²) in [4.78, 5) is 14.1. The Labute approximate surface area is 145 Å². The Kier molecular flexibility index (Phi) is 7.02. The van der Waals surface area contributed by atoms with E-state index in [4.69, 9.17) is 5.11 Å². The molecule has 0 bridgehead atoms. The molecule has 2 aromatic carbocycles. The number of aryl methyl sites for hydroxylation is 2. The summed E-state index contributed by atoms with van der Waals surface area (Å²) in [6.07, 6.45) is 0. The highest BCUT2D eigenvalue weighted by molar-refractivity contribution is 8.00. The van der Waals surface area contributed by atoms with Crippen LogP contribution in [0.1, 0.15) is 11.1 Å². The van der Waals surface area contributed by atoms with E-state index in [0.717, 1.165) is 10.6 Å². The van der Waals surface area contributed by atoms with Crippen molar-refractivity contribution >= 4 is 35.1 Å². The molecule has 0 fully saturated rings. The first-order chi connectivity index (χ1) is 11.1. The van der Waals surface area contributed by atoms with Crippen LogP contribution in [-0.4, -0.2) is 29.1 Å². The van der Waals surface area contributed by atoms with Crippen LogP contribution in [0.15, 0.2) is 52.3 Å². The Morgan fingerprint density at radius 1 is 1.04 bits per heavy atom. The Bertz CT molecular complexity index is 657. The van der Waals surface area contributed by atoms with Gasteiger partial charge in [-0.2, -0.15) is 0 Å². The van der Waals surface area contributed by atoms with E-state index in [-0.39, 0.29) is 12.5 Å². The van der Waals surface area contributed by atoms with Crippen molar-refractivity contribution in [3.8, 4) is 0 Å². The number of benzene rings is 2. The largest absolute Gasteiger partial charge is 0.396 e. The van der Waals surface area contributed by atoms with Crippen molar-refractivity contribution in [2.45, 2.75) is 23.6 Å². The molecule has 0 aliphatic heterocycles. The molecule has 0 heterocycles. The second-order valence-electron chi connectivity index (χ2n) is 5.20. The molecule has 0 radical (unpaired) electrons. The molecule has 0 spiro atoms. The van der Waals surface area contributed by atoms with E-state index in [1.54, 1.807) is 11.8 Å². The van der Waals surface area contributed by atoms with E-state index in [9.17, 15) is 4.79 Å². The highest BCUT2D eigenvalue weighted by Gasteiger charge is 2.04. The summed E-state index contributed by atoms with van der Waals surface area (Å²) in [5, 5.41) is 11.6. The summed E-state index contributed by atoms with van der Waals surface area (Å²) in [5.41, 5.74) is 3.38. The van der Waals surface area contributed by atoms with Crippen LogP contribution in [0, 0.1) is 13.8 Å². The minimum atomic E-state index is -0.0435. The third-order valence-corrected chi connectivity index (χ3v) is 5.26. The third-order valence-electron chi connectivity index (χ3n) is 3.32. The molecule has 0 unspecified atom stereocenters. The van der Waals surface area contributed by atoms with Crippen molar-refractivity contribution < 1.29 is 9.90 Å². The van der Waals surface area contributed by atoms with E-state index < -0.39 is 0 Å². The Hall–Kier alpha value is -1.43. The van der Waals surface area contributed by atoms with Gasteiger partial charge in [0, 0.05) is 21.2 Å². The molecule has 5 heteroatoms. The van der Waals surface area contributed by atoms with Crippen molar-refractivity contribution in [3.05, 3.63) is 53.6 Å². The average Bonchev–Trinajstić information content (AvgIpc) is 2.53. The molecule has 0 aromatic heterocycles. The summed E-state index contributed by atoms with van der Waals surface area (Å²) in [6.45, 7) is 4.33. The number of rotatable bonds is 7. The van der Waals surface area contributed by atoms with Gasteiger partial charge in [0.2, 0.25) is 5.91 Å². The smallest absolute Gasteiger partial charge is 0.234 e. The molecule has 23 heavy (non-hydrogen) atoms. The number of hydrogen-bond donors (Lipinski definition) is 2. The van der Waals surface area contributed by atoms with E-state index in [1.807, 2.05) is 24.3 Å². The zero-order valence-corrected chi connectivity index (χ0v) is 15.0. The monoisotopic (exact) mass is 347 g/mol. The predicted molar refractivity (Wildman–Crippen MR) is 99.5 cm³/mol. The molecule has 1 amide bonds. The predicted octanol–water partition coefficient (Wildman–Crippen LogP) is 4.12. The molecule has 3 nitrogen and oxygen atoms in total. The van der Waals surface area contributed by atoms with Gasteiger partial charge < -0.3 is 10.4 Å². The Morgan fingerprint density at radius 3 is 2.39 bits per heavy atom. The summed E-state index contributed by atoms with van der Waals surface area (Å²) in [7, 11) is 0. The molecule has 2 aromatic rings. The summed E-state index contributed by atoms with van der Waals surface area (Å²) in [6, 6.07) is 14.3. The van der Waals surface area contributed by atoms with Crippen LogP contribution in [0.25, 0.3) is 0 Å². The number of aliphatic hydroxyl groups is 1. The van der Waals surface area contributed by atoms with Crippen LogP contribution in [0.4, 0.5) is 5.69 Å². The minimum Gasteiger partial charge on any atom is -0.396 e. The van der Waals surface area contributed by atoms with Crippen molar-refractivity contribution in [2.24, 2.45) is 0 Å². The molecular formula is C18H21NO2S2. The number of carbonyl (C=O) groups excluding carboxylic acids is 1. The van der Waals surface area contributed by atoms with Crippen molar-refractivity contribution in [2.75, 3.05) is 23.4 Å². The average molecular weight is 348 g/mol. The molecule has 122 valence electrons. The highest BCUT2D eigenvalue weighted by atomic mass is 32.2. The number of aliphatic hydroxyl groups excluding tert-OH is 1. The van der Waals surface area contributed by atoms with E-state index in [0.29, 0.717) is 11.5 Å². The molecule has 0 aliphatic rings. The zero-order chi connectivity index (χ0) is 16.7. The van der Waals surface area contributed by atoms with Gasteiger partial charge in [0.15, 0.2) is 0 Å². The molecule has 0 saturated carbocycles. The lowest BCUT2D eigenvalue weighted by Gasteiger charge is -2.07. The fraction of sp³-hybridized carbons (Fsp3) is 0.278. The third kappa shape index (κ3) is 5.94. The lowest BCUT2D eigenvalue weighted by atomic mass is 10.1. The fourth-order valence-corrected chi connectivity index (χ4v) is 3.39. The molecule has 0 aliphatic carbocycles. The zero-order valence-electron chi connectivity index (χ0n) is 13.3. The molecular weight excluding hydrogens is 326 g/mol. The van der Waals surface area contributed by atoms with Gasteiger partial charge in [-0.15, -0.1) is 11.8 Å². The van der Waals surface area contributed by atoms with Gasteiger partial charge in [0.1, 0.15) is 0 Å². The quantitative estimate of drug-likeness (QED) is 0.740. The number of thioether (sulfide) groups is 1. The van der Waals surface area contributed by atoms with Gasteiger partial charge in [-0.3, -0.25) is 4.79 Å². The normalized spacial score (nSPS) is 10.6. The van der Waals surface area contributed by atoms with Gasteiger partial charge in [-0.1, -0.05) is 17.8 Å². The van der Waals surface area contributed by atoms with Crippen molar-refractivity contribution in [1.82, 2.24) is 0 Å². The maximum Gasteiger partial charge on any atom is 0.234 e. The maximum absolute atomic E-state index is 11.7. The van der Waals surface area contributed by atoms with Gasteiger partial charge in [-0.05, 0) is 61.4 Å². The SMILES string of the molecule is Cc1ccc(Sc2ccc(NC(=O)CSCCO)cc2)cc1C. The molecule has 2 N–H and O–H groups in total. The highest BCUT2D eigenvalue weighted by Crippen LogP contribution is 2.29. The first-order valence-corrected chi connectivity index (χ1v) is 9.39. The van der Waals surface area contributed by atoms with Crippen LogP contribution < -0.4 is 5.32 Å². The number of carbonyl (C=O) groups is 1. The fourth-order valence-electron chi connectivity index (χ4n) is 1.95. The summed E-state index contributed by atoms with van der Waals surface area (Å²) >= 11 is 3.13. The second kappa shape index (κ2) is 9.01. The Morgan fingerprint density at radius 2 is 1.74 bits per heavy atom. The van der Waals surface area contributed by atoms with Gasteiger partial charge in [0.25, 0.3) is 0 Å². The summed E-state index contributed by atoms with van der Waals surface area (Å²) in [5.74, 6) is 0.900. The van der Waals surface area contributed by atoms with Crippen LogP contribution in [0.3, 0.4) is 0 Å². The molecule has 0 atom stereocenters. The van der Waals surface area contributed by atoms with E-state index in [2.05, 4.69) is 37.4 Å².